The van der Waals surface area contributed by atoms with Crippen molar-refractivity contribution in [2.75, 3.05) is 26.0 Å². The largest absolute Gasteiger partial charge is 0.491 e. The van der Waals surface area contributed by atoms with Crippen molar-refractivity contribution < 1.29 is 9.84 Å². The standard InChI is InChI=1S/C15H25NO2S/c1-12-5-4-6-15(9-12)18-11-14(17)10-16-8-7-13(2)19-3/h4-6,9,13-14,16-17H,7-8,10-11H2,1-3H3. The SMILES string of the molecule is CSC(C)CCNCC(O)COc1cccc(C)c1. The van der Waals surface area contributed by atoms with Gasteiger partial charge in [-0.05, 0) is 43.8 Å². The summed E-state index contributed by atoms with van der Waals surface area (Å²) in [5, 5.41) is 13.7. The first-order valence-corrected chi connectivity index (χ1v) is 8.01. The lowest BCUT2D eigenvalue weighted by molar-refractivity contribution is 0.106. The van der Waals surface area contributed by atoms with E-state index in [-0.39, 0.29) is 0 Å². The van der Waals surface area contributed by atoms with E-state index in [1.54, 1.807) is 0 Å². The van der Waals surface area contributed by atoms with Gasteiger partial charge in [0.05, 0.1) is 0 Å². The summed E-state index contributed by atoms with van der Waals surface area (Å²) in [5.74, 6) is 0.815. The summed E-state index contributed by atoms with van der Waals surface area (Å²) >= 11 is 1.87. The lowest BCUT2D eigenvalue weighted by Crippen LogP contribution is -2.32. The van der Waals surface area contributed by atoms with Crippen molar-refractivity contribution in [2.45, 2.75) is 31.6 Å². The lowest BCUT2D eigenvalue weighted by atomic mass is 10.2. The minimum atomic E-state index is -0.468. The van der Waals surface area contributed by atoms with Crippen LogP contribution in [0.3, 0.4) is 0 Å². The number of nitrogens with one attached hydrogen (secondary N) is 1. The highest BCUT2D eigenvalue weighted by Crippen LogP contribution is 2.12. The van der Waals surface area contributed by atoms with Crippen molar-refractivity contribution in [3.63, 3.8) is 0 Å². The van der Waals surface area contributed by atoms with Gasteiger partial charge in [0.1, 0.15) is 18.5 Å². The van der Waals surface area contributed by atoms with E-state index in [1.165, 1.54) is 0 Å². The molecule has 19 heavy (non-hydrogen) atoms. The monoisotopic (exact) mass is 283 g/mol. The third-order valence-corrected chi connectivity index (χ3v) is 3.98. The minimum absolute atomic E-state index is 0.328. The predicted molar refractivity (Wildman–Crippen MR) is 83.1 cm³/mol. The van der Waals surface area contributed by atoms with Crippen molar-refractivity contribution in [3.05, 3.63) is 29.8 Å². The number of thioether (sulfide) groups is 1. The molecule has 0 saturated carbocycles. The number of ether oxygens (including phenoxy) is 1. The van der Waals surface area contributed by atoms with Gasteiger partial charge in [0.2, 0.25) is 0 Å². The molecule has 0 aromatic heterocycles. The van der Waals surface area contributed by atoms with E-state index in [0.717, 1.165) is 24.3 Å². The molecule has 1 aromatic carbocycles. The molecule has 0 saturated heterocycles. The zero-order valence-corrected chi connectivity index (χ0v) is 12.9. The summed E-state index contributed by atoms with van der Waals surface area (Å²) < 4.78 is 5.55. The highest BCUT2D eigenvalue weighted by atomic mass is 32.2. The Morgan fingerprint density at radius 3 is 2.89 bits per heavy atom. The normalized spacial score (nSPS) is 14.1. The van der Waals surface area contributed by atoms with Gasteiger partial charge in [-0.3, -0.25) is 0 Å². The first kappa shape index (κ1) is 16.3. The molecule has 2 unspecified atom stereocenters. The number of aliphatic hydroxyl groups is 1. The fourth-order valence-corrected chi connectivity index (χ4v) is 2.00. The summed E-state index contributed by atoms with van der Waals surface area (Å²) in [6.45, 7) is 6.08. The number of rotatable bonds is 9. The quantitative estimate of drug-likeness (QED) is 0.683. The second kappa shape index (κ2) is 9.23. The van der Waals surface area contributed by atoms with Gasteiger partial charge in [-0.2, -0.15) is 11.8 Å². The molecule has 4 heteroatoms. The van der Waals surface area contributed by atoms with Gasteiger partial charge in [0.15, 0.2) is 0 Å². The molecule has 2 N–H and O–H groups in total. The van der Waals surface area contributed by atoms with Crippen LogP contribution in [-0.4, -0.2) is 42.4 Å². The van der Waals surface area contributed by atoms with Crippen molar-refractivity contribution in [2.24, 2.45) is 0 Å². The van der Waals surface area contributed by atoms with Crippen LogP contribution in [0.4, 0.5) is 0 Å². The fourth-order valence-electron chi connectivity index (χ4n) is 1.65. The van der Waals surface area contributed by atoms with Crippen molar-refractivity contribution >= 4 is 11.8 Å². The molecule has 0 aliphatic heterocycles. The van der Waals surface area contributed by atoms with Gasteiger partial charge in [-0.25, -0.2) is 0 Å². The molecule has 0 heterocycles. The molecular weight excluding hydrogens is 258 g/mol. The first-order valence-electron chi connectivity index (χ1n) is 6.73. The van der Waals surface area contributed by atoms with Gasteiger partial charge in [-0.15, -0.1) is 0 Å². The molecule has 0 spiro atoms. The summed E-state index contributed by atoms with van der Waals surface area (Å²) in [4.78, 5) is 0. The Morgan fingerprint density at radius 1 is 1.42 bits per heavy atom. The average Bonchev–Trinajstić information content (AvgIpc) is 2.41. The third-order valence-electron chi connectivity index (χ3n) is 2.94. The second-order valence-corrected chi connectivity index (χ2v) is 6.10. The van der Waals surface area contributed by atoms with Gasteiger partial charge in [-0.1, -0.05) is 19.1 Å². The molecule has 1 rings (SSSR count). The molecule has 108 valence electrons. The van der Waals surface area contributed by atoms with Crippen LogP contribution in [0, 0.1) is 6.92 Å². The molecule has 0 fully saturated rings. The summed E-state index contributed by atoms with van der Waals surface area (Å²) in [7, 11) is 0. The Kier molecular flexibility index (Phi) is 7.94. The van der Waals surface area contributed by atoms with Crippen molar-refractivity contribution in [1.82, 2.24) is 5.32 Å². The molecule has 2 atom stereocenters. The van der Waals surface area contributed by atoms with E-state index in [0.29, 0.717) is 18.4 Å². The Balaban J connectivity index is 2.12. The smallest absolute Gasteiger partial charge is 0.119 e. The lowest BCUT2D eigenvalue weighted by Gasteiger charge is -2.14. The average molecular weight is 283 g/mol. The van der Waals surface area contributed by atoms with Crippen LogP contribution in [0.25, 0.3) is 0 Å². The van der Waals surface area contributed by atoms with E-state index in [9.17, 15) is 5.11 Å². The Morgan fingerprint density at radius 2 is 2.21 bits per heavy atom. The van der Waals surface area contributed by atoms with Gasteiger partial charge < -0.3 is 15.2 Å². The van der Waals surface area contributed by atoms with E-state index >= 15 is 0 Å². The first-order chi connectivity index (χ1) is 9.11. The van der Waals surface area contributed by atoms with Crippen LogP contribution in [0.5, 0.6) is 5.75 Å². The maximum Gasteiger partial charge on any atom is 0.119 e. The molecule has 3 nitrogen and oxygen atoms in total. The van der Waals surface area contributed by atoms with Gasteiger partial charge in [0.25, 0.3) is 0 Å². The van der Waals surface area contributed by atoms with Crippen LogP contribution in [0.2, 0.25) is 0 Å². The highest BCUT2D eigenvalue weighted by molar-refractivity contribution is 7.99. The predicted octanol–water partition coefficient (Wildman–Crippen LogP) is 2.47. The van der Waals surface area contributed by atoms with Crippen molar-refractivity contribution in [1.29, 1.82) is 0 Å². The Labute approximate surface area is 120 Å². The van der Waals surface area contributed by atoms with Gasteiger partial charge in [0, 0.05) is 11.8 Å². The van der Waals surface area contributed by atoms with Crippen LogP contribution in [0.1, 0.15) is 18.9 Å². The minimum Gasteiger partial charge on any atom is -0.491 e. The Bertz CT molecular complexity index is 360. The molecule has 0 radical (unpaired) electrons. The highest BCUT2D eigenvalue weighted by Gasteiger charge is 2.05. The molecule has 0 amide bonds. The number of hydrogen-bond acceptors (Lipinski definition) is 4. The summed E-state index contributed by atoms with van der Waals surface area (Å²) in [6, 6.07) is 7.87. The van der Waals surface area contributed by atoms with Crippen LogP contribution in [-0.2, 0) is 0 Å². The maximum atomic E-state index is 9.81. The molecule has 0 bridgehead atoms. The molecule has 0 aliphatic carbocycles. The van der Waals surface area contributed by atoms with E-state index < -0.39 is 6.10 Å². The number of aryl methyl sites for hydroxylation is 1. The van der Waals surface area contributed by atoms with E-state index in [4.69, 9.17) is 4.74 Å². The van der Waals surface area contributed by atoms with E-state index in [2.05, 4.69) is 18.5 Å². The van der Waals surface area contributed by atoms with Crippen LogP contribution >= 0.6 is 11.8 Å². The van der Waals surface area contributed by atoms with Crippen molar-refractivity contribution in [3.8, 4) is 5.75 Å². The summed E-state index contributed by atoms with van der Waals surface area (Å²) in [5.41, 5.74) is 1.16. The van der Waals surface area contributed by atoms with Crippen LogP contribution < -0.4 is 10.1 Å². The Hall–Kier alpha value is -0.710. The molecule has 0 aliphatic rings. The van der Waals surface area contributed by atoms with E-state index in [1.807, 2.05) is 43.0 Å². The second-order valence-electron chi connectivity index (χ2n) is 4.82. The number of hydrogen-bond donors (Lipinski definition) is 2. The molecular formula is C15H25NO2S. The zero-order chi connectivity index (χ0) is 14.1. The molecule has 1 aromatic rings. The zero-order valence-electron chi connectivity index (χ0n) is 12.1. The van der Waals surface area contributed by atoms with Crippen LogP contribution in [0.15, 0.2) is 24.3 Å². The maximum absolute atomic E-state index is 9.81. The topological polar surface area (TPSA) is 41.5 Å². The fraction of sp³-hybridized carbons (Fsp3) is 0.600. The number of aliphatic hydroxyl groups excluding tert-OH is 1. The van der Waals surface area contributed by atoms with Gasteiger partial charge >= 0.3 is 0 Å². The number of benzene rings is 1. The third kappa shape index (κ3) is 7.45. The summed E-state index contributed by atoms with van der Waals surface area (Å²) in [6.07, 6.45) is 2.77.